The van der Waals surface area contributed by atoms with Crippen molar-refractivity contribution in [3.63, 3.8) is 0 Å². The van der Waals surface area contributed by atoms with Gasteiger partial charge >= 0.3 is 0 Å². The van der Waals surface area contributed by atoms with Gasteiger partial charge in [-0.25, -0.2) is 15.0 Å². The molecule has 0 N–H and O–H groups in total. The van der Waals surface area contributed by atoms with Crippen LogP contribution in [0.2, 0.25) is 0 Å². The van der Waals surface area contributed by atoms with Crippen LogP contribution in [-0.2, 0) is 10.8 Å². The molecule has 64 heavy (non-hydrogen) atoms. The van der Waals surface area contributed by atoms with E-state index in [4.69, 9.17) is 15.0 Å². The Kier molecular flexibility index (Phi) is 7.71. The summed E-state index contributed by atoms with van der Waals surface area (Å²) in [4.78, 5) is 15.8. The smallest absolute Gasteiger partial charge is 0.164 e. The maximum Gasteiger partial charge on any atom is 0.164 e. The minimum absolute atomic E-state index is 0.0499. The van der Waals surface area contributed by atoms with Gasteiger partial charge in [0.15, 0.2) is 17.5 Å². The fourth-order valence-corrected chi connectivity index (χ4v) is 11.0. The zero-order chi connectivity index (χ0) is 42.9. The molecule has 0 spiro atoms. The molecule has 1 aromatic heterocycles. The van der Waals surface area contributed by atoms with Crippen molar-refractivity contribution in [1.82, 2.24) is 15.0 Å². The van der Waals surface area contributed by atoms with Crippen molar-refractivity contribution in [3.05, 3.63) is 210 Å². The summed E-state index contributed by atoms with van der Waals surface area (Å²) in [5, 5.41) is 9.68. The lowest BCUT2D eigenvalue weighted by atomic mass is 9.80. The average molecular weight is 818 g/mol. The van der Waals surface area contributed by atoms with Gasteiger partial charge in [0.2, 0.25) is 0 Å². The molecule has 0 saturated carbocycles. The third-order valence-electron chi connectivity index (χ3n) is 14.5. The van der Waals surface area contributed by atoms with Crippen molar-refractivity contribution in [2.24, 2.45) is 0 Å². The van der Waals surface area contributed by atoms with Gasteiger partial charge in [0.25, 0.3) is 0 Å². The Bertz CT molecular complexity index is 3660. The number of hydrogen-bond donors (Lipinski definition) is 0. The van der Waals surface area contributed by atoms with Crippen LogP contribution in [-0.4, -0.2) is 15.0 Å². The predicted molar refractivity (Wildman–Crippen MR) is 267 cm³/mol. The van der Waals surface area contributed by atoms with Gasteiger partial charge in [-0.15, -0.1) is 0 Å². The van der Waals surface area contributed by atoms with Gasteiger partial charge in [-0.2, -0.15) is 0 Å². The summed E-state index contributed by atoms with van der Waals surface area (Å²) in [5.41, 5.74) is 15.7. The highest BCUT2D eigenvalue weighted by atomic mass is 15.0. The van der Waals surface area contributed by atoms with E-state index in [-0.39, 0.29) is 10.8 Å². The second-order valence-corrected chi connectivity index (χ2v) is 18.8. The second-order valence-electron chi connectivity index (χ2n) is 18.8. The Hall–Kier alpha value is -7.75. The van der Waals surface area contributed by atoms with Gasteiger partial charge in [-0.1, -0.05) is 185 Å². The topological polar surface area (TPSA) is 38.7 Å². The molecule has 1 heterocycles. The number of benzene rings is 10. The molecule has 3 heteroatoms. The van der Waals surface area contributed by atoms with Crippen LogP contribution in [0, 0.1) is 0 Å². The average Bonchev–Trinajstić information content (AvgIpc) is 3.71. The number of nitrogens with zero attached hydrogens (tertiary/aromatic N) is 3. The maximum absolute atomic E-state index is 5.28. The van der Waals surface area contributed by atoms with Gasteiger partial charge < -0.3 is 0 Å². The summed E-state index contributed by atoms with van der Waals surface area (Å²) in [5.74, 6) is 1.97. The molecule has 2 aliphatic rings. The van der Waals surface area contributed by atoms with Gasteiger partial charge in [0.05, 0.1) is 0 Å². The lowest BCUT2D eigenvalue weighted by molar-refractivity contribution is 0.659. The third kappa shape index (κ3) is 5.43. The first-order valence-corrected chi connectivity index (χ1v) is 22.3. The van der Waals surface area contributed by atoms with E-state index in [1.54, 1.807) is 0 Å². The van der Waals surface area contributed by atoms with E-state index < -0.39 is 0 Å². The van der Waals surface area contributed by atoms with Gasteiger partial charge in [0.1, 0.15) is 0 Å². The normalized spacial score (nSPS) is 14.2. The molecule has 2 aliphatic carbocycles. The first-order chi connectivity index (χ1) is 31.2. The third-order valence-corrected chi connectivity index (χ3v) is 14.5. The van der Waals surface area contributed by atoms with E-state index >= 15 is 0 Å². The lowest BCUT2D eigenvalue weighted by Gasteiger charge is -2.23. The van der Waals surface area contributed by atoms with E-state index in [9.17, 15) is 0 Å². The highest BCUT2D eigenvalue weighted by molar-refractivity contribution is 6.09. The minimum atomic E-state index is -0.246. The zero-order valence-corrected chi connectivity index (χ0v) is 36.2. The Morgan fingerprint density at radius 2 is 0.609 bits per heavy atom. The number of fused-ring (bicyclic) bond motifs is 12. The van der Waals surface area contributed by atoms with E-state index in [1.807, 2.05) is 0 Å². The van der Waals surface area contributed by atoms with Crippen LogP contribution in [0.5, 0.6) is 0 Å². The van der Waals surface area contributed by atoms with Crippen LogP contribution in [0.25, 0.3) is 111 Å². The standard InChI is InChI=1S/C61H43N3/c1-60(2)53-16-10-9-15-49(53)50-28-21-38(33-54(50)60)39-22-29-51-52-30-25-44(35-56(52)61(3,4)55(51)34-39)59-63-57(42-23-26-47-40(31-42)19-17-36-11-5-7-13-45(36)47)62-58(64-59)43-24-27-48-41(32-43)20-18-37-12-6-8-14-46(37)48/h5-35H,1-4H3. The number of aromatic nitrogens is 3. The van der Waals surface area contributed by atoms with E-state index in [1.165, 1.54) is 88.0 Å². The Morgan fingerprint density at radius 1 is 0.266 bits per heavy atom. The molecule has 11 aromatic rings. The summed E-state index contributed by atoms with van der Waals surface area (Å²) in [6.45, 7) is 9.42. The molecular weight excluding hydrogens is 775 g/mol. The fraction of sp³-hybridized carbons (Fsp3) is 0.0984. The molecule has 0 bridgehead atoms. The van der Waals surface area contributed by atoms with Crippen LogP contribution < -0.4 is 0 Å². The largest absolute Gasteiger partial charge is 0.208 e. The zero-order valence-electron chi connectivity index (χ0n) is 36.2. The molecule has 3 nitrogen and oxygen atoms in total. The van der Waals surface area contributed by atoms with E-state index in [2.05, 4.69) is 216 Å². The van der Waals surface area contributed by atoms with Gasteiger partial charge in [-0.05, 0) is 129 Å². The summed E-state index contributed by atoms with van der Waals surface area (Å²) in [6, 6.07) is 68.9. The highest BCUT2D eigenvalue weighted by Crippen LogP contribution is 2.52. The number of rotatable bonds is 4. The van der Waals surface area contributed by atoms with E-state index in [0.717, 1.165) is 27.5 Å². The summed E-state index contributed by atoms with van der Waals surface area (Å²) < 4.78 is 0. The van der Waals surface area contributed by atoms with Crippen LogP contribution in [0.4, 0.5) is 0 Å². The molecule has 0 atom stereocenters. The monoisotopic (exact) mass is 817 g/mol. The van der Waals surface area contributed by atoms with Gasteiger partial charge in [-0.3, -0.25) is 0 Å². The van der Waals surface area contributed by atoms with Gasteiger partial charge in [0, 0.05) is 27.5 Å². The quantitative estimate of drug-likeness (QED) is 0.166. The lowest BCUT2D eigenvalue weighted by Crippen LogP contribution is -2.15. The summed E-state index contributed by atoms with van der Waals surface area (Å²) >= 11 is 0. The fourth-order valence-electron chi connectivity index (χ4n) is 11.0. The Morgan fingerprint density at radius 3 is 1.12 bits per heavy atom. The van der Waals surface area contributed by atoms with Crippen LogP contribution in [0.1, 0.15) is 49.9 Å². The molecule has 302 valence electrons. The maximum atomic E-state index is 5.28. The molecule has 10 aromatic carbocycles. The molecule has 0 aliphatic heterocycles. The first-order valence-electron chi connectivity index (χ1n) is 22.3. The van der Waals surface area contributed by atoms with Crippen molar-refractivity contribution in [3.8, 4) is 67.5 Å². The van der Waals surface area contributed by atoms with Crippen molar-refractivity contribution in [2.75, 3.05) is 0 Å². The predicted octanol–water partition coefficient (Wildman–Crippen LogP) is 15.8. The molecule has 0 radical (unpaired) electrons. The van der Waals surface area contributed by atoms with Crippen molar-refractivity contribution < 1.29 is 0 Å². The van der Waals surface area contributed by atoms with Crippen molar-refractivity contribution >= 4 is 43.1 Å². The molecule has 0 amide bonds. The SMILES string of the molecule is CC1(C)c2ccccc2-c2ccc(-c3ccc4c(c3)C(C)(C)c3cc(-c5nc(-c6ccc7c(ccc8ccccc87)c6)nc(-c6ccc7c(ccc8ccccc87)c6)n5)ccc3-4)cc21. The van der Waals surface area contributed by atoms with Crippen LogP contribution in [0.15, 0.2) is 188 Å². The van der Waals surface area contributed by atoms with Crippen molar-refractivity contribution in [1.29, 1.82) is 0 Å². The molecular formula is C61H43N3. The molecule has 13 rings (SSSR count). The van der Waals surface area contributed by atoms with Crippen LogP contribution >= 0.6 is 0 Å². The Labute approximate surface area is 372 Å². The van der Waals surface area contributed by atoms with E-state index in [0.29, 0.717) is 17.5 Å². The molecule has 0 unspecified atom stereocenters. The Balaban J connectivity index is 0.922. The van der Waals surface area contributed by atoms with Crippen LogP contribution in [0.3, 0.4) is 0 Å². The highest BCUT2D eigenvalue weighted by Gasteiger charge is 2.38. The minimum Gasteiger partial charge on any atom is -0.208 e. The molecule has 0 saturated heterocycles. The summed E-state index contributed by atoms with van der Waals surface area (Å²) in [7, 11) is 0. The second kappa shape index (κ2) is 13.4. The molecule has 0 fully saturated rings. The first kappa shape index (κ1) is 36.9. The number of hydrogen-bond acceptors (Lipinski definition) is 3. The van der Waals surface area contributed by atoms with Crippen molar-refractivity contribution in [2.45, 2.75) is 38.5 Å². The summed E-state index contributed by atoms with van der Waals surface area (Å²) in [6.07, 6.45) is 0.